The second-order valence-electron chi connectivity index (χ2n) is 14.4. The molecule has 11 rings (SSSR count). The van der Waals surface area contributed by atoms with Gasteiger partial charge < -0.3 is 4.90 Å². The van der Waals surface area contributed by atoms with Crippen molar-refractivity contribution >= 4 is 80.9 Å². The van der Waals surface area contributed by atoms with Gasteiger partial charge in [0.1, 0.15) is 0 Å². The fourth-order valence-corrected chi connectivity index (χ4v) is 9.90. The van der Waals surface area contributed by atoms with Gasteiger partial charge in [-0.1, -0.05) is 170 Å². The lowest BCUT2D eigenvalue weighted by molar-refractivity contribution is 1.29. The zero-order chi connectivity index (χ0) is 37.0. The third-order valence-corrected chi connectivity index (χ3v) is 12.5. The molecule has 0 aliphatic rings. The van der Waals surface area contributed by atoms with Gasteiger partial charge in [-0.3, -0.25) is 0 Å². The Morgan fingerprint density at radius 3 is 1.36 bits per heavy atom. The van der Waals surface area contributed by atoms with Crippen molar-refractivity contribution in [2.75, 3.05) is 4.90 Å². The lowest BCUT2D eigenvalue weighted by Gasteiger charge is -2.27. The van der Waals surface area contributed by atoms with Crippen LogP contribution < -0.4 is 4.90 Å². The zero-order valence-corrected chi connectivity index (χ0v) is 31.4. The number of hydrogen-bond acceptors (Lipinski definition) is 2. The minimum absolute atomic E-state index is 1.11. The van der Waals surface area contributed by atoms with Crippen LogP contribution in [0.15, 0.2) is 212 Å². The van der Waals surface area contributed by atoms with E-state index in [1.807, 2.05) is 11.3 Å². The van der Waals surface area contributed by atoms with Gasteiger partial charge in [0.2, 0.25) is 0 Å². The fourth-order valence-electron chi connectivity index (χ4n) is 8.63. The third kappa shape index (κ3) is 5.38. The zero-order valence-electron chi connectivity index (χ0n) is 30.6. The molecule has 1 nitrogen and oxygen atoms in total. The van der Waals surface area contributed by atoms with Crippen molar-refractivity contribution in [2.45, 2.75) is 0 Å². The molecule has 0 radical (unpaired) electrons. The first-order valence-electron chi connectivity index (χ1n) is 19.2. The van der Waals surface area contributed by atoms with E-state index in [2.05, 4.69) is 217 Å². The Morgan fingerprint density at radius 2 is 0.732 bits per heavy atom. The van der Waals surface area contributed by atoms with E-state index in [1.165, 1.54) is 85.9 Å². The van der Waals surface area contributed by atoms with Crippen molar-refractivity contribution in [2.24, 2.45) is 0 Å². The number of hydrogen-bond donors (Lipinski definition) is 0. The molecule has 0 bridgehead atoms. The van der Waals surface area contributed by atoms with Gasteiger partial charge in [-0.25, -0.2) is 0 Å². The molecule has 0 fully saturated rings. The molecular weight excluding hydrogens is 695 g/mol. The summed E-state index contributed by atoms with van der Waals surface area (Å²) in [7, 11) is 0. The molecule has 2 heteroatoms. The van der Waals surface area contributed by atoms with Gasteiger partial charge in [0, 0.05) is 42.8 Å². The van der Waals surface area contributed by atoms with Gasteiger partial charge in [-0.15, -0.1) is 11.3 Å². The van der Waals surface area contributed by atoms with Crippen LogP contribution in [0.2, 0.25) is 0 Å². The Bertz CT molecular complexity index is 3180. The molecule has 0 aliphatic carbocycles. The monoisotopic (exact) mass is 729 g/mol. The van der Waals surface area contributed by atoms with Crippen LogP contribution in [0.25, 0.3) is 85.9 Å². The van der Waals surface area contributed by atoms with Crippen LogP contribution in [-0.2, 0) is 0 Å². The average molecular weight is 730 g/mol. The van der Waals surface area contributed by atoms with Crippen molar-refractivity contribution in [1.29, 1.82) is 0 Å². The lowest BCUT2D eigenvalue weighted by Crippen LogP contribution is -2.10. The number of anilines is 3. The van der Waals surface area contributed by atoms with Crippen molar-refractivity contribution < 1.29 is 0 Å². The van der Waals surface area contributed by atoms with Crippen molar-refractivity contribution in [3.63, 3.8) is 0 Å². The van der Waals surface area contributed by atoms with Crippen molar-refractivity contribution in [1.82, 2.24) is 0 Å². The fraction of sp³-hybridized carbons (Fsp3) is 0. The molecule has 0 unspecified atom stereocenters. The molecule has 0 N–H and O–H groups in total. The van der Waals surface area contributed by atoms with Crippen LogP contribution in [0.5, 0.6) is 0 Å². The summed E-state index contributed by atoms with van der Waals surface area (Å²) in [5, 5.41) is 10.3. The summed E-state index contributed by atoms with van der Waals surface area (Å²) in [4.78, 5) is 2.40. The Kier molecular flexibility index (Phi) is 7.75. The Labute approximate surface area is 330 Å². The molecule has 0 saturated heterocycles. The maximum Gasteiger partial charge on any atom is 0.0468 e. The standard InChI is InChI=1S/C54H35NS/c1-3-13-36(14-4-1)37-23-27-40(28-24-37)55(42-31-32-48-46-19-8-7-17-44(46)45-18-9-10-20-47(45)51(48)35-42)41-29-25-38(26-30-41)43-33-34-50-49-21-11-12-22-52(49)56-54(50)53(43)39-15-5-2-6-16-39/h1-35H. The van der Waals surface area contributed by atoms with Gasteiger partial charge in [0.25, 0.3) is 0 Å². The molecule has 262 valence electrons. The molecule has 10 aromatic carbocycles. The molecular formula is C54H35NS. The van der Waals surface area contributed by atoms with Crippen LogP contribution in [0.3, 0.4) is 0 Å². The molecule has 1 heterocycles. The molecule has 56 heavy (non-hydrogen) atoms. The summed E-state index contributed by atoms with van der Waals surface area (Å²) < 4.78 is 2.65. The van der Waals surface area contributed by atoms with Crippen LogP contribution in [0.4, 0.5) is 17.1 Å². The Morgan fingerprint density at radius 1 is 0.286 bits per heavy atom. The van der Waals surface area contributed by atoms with Crippen LogP contribution in [-0.4, -0.2) is 0 Å². The van der Waals surface area contributed by atoms with E-state index < -0.39 is 0 Å². The topological polar surface area (TPSA) is 3.24 Å². The minimum Gasteiger partial charge on any atom is -0.310 e. The maximum atomic E-state index is 2.40. The quantitative estimate of drug-likeness (QED) is 0.154. The normalized spacial score (nSPS) is 11.6. The van der Waals surface area contributed by atoms with E-state index in [9.17, 15) is 0 Å². The first-order valence-corrected chi connectivity index (χ1v) is 20.0. The van der Waals surface area contributed by atoms with Gasteiger partial charge >= 0.3 is 0 Å². The van der Waals surface area contributed by atoms with Gasteiger partial charge in [0.05, 0.1) is 0 Å². The molecule has 0 amide bonds. The first-order chi connectivity index (χ1) is 27.8. The van der Waals surface area contributed by atoms with Crippen LogP contribution in [0, 0.1) is 0 Å². The predicted octanol–water partition coefficient (Wildman–Crippen LogP) is 16.0. The molecule has 0 atom stereocenters. The van der Waals surface area contributed by atoms with Gasteiger partial charge in [-0.05, 0) is 103 Å². The van der Waals surface area contributed by atoms with Gasteiger partial charge in [-0.2, -0.15) is 0 Å². The van der Waals surface area contributed by atoms with Crippen LogP contribution in [0.1, 0.15) is 0 Å². The maximum absolute atomic E-state index is 2.40. The molecule has 0 saturated carbocycles. The van der Waals surface area contributed by atoms with E-state index in [-0.39, 0.29) is 0 Å². The number of nitrogens with zero attached hydrogens (tertiary/aromatic N) is 1. The summed E-state index contributed by atoms with van der Waals surface area (Å²) in [5.41, 5.74) is 10.7. The number of benzene rings is 10. The highest BCUT2D eigenvalue weighted by atomic mass is 32.1. The second kappa shape index (κ2) is 13.4. The van der Waals surface area contributed by atoms with Gasteiger partial charge in [0.15, 0.2) is 0 Å². The highest BCUT2D eigenvalue weighted by molar-refractivity contribution is 7.26. The van der Waals surface area contributed by atoms with Crippen LogP contribution >= 0.6 is 11.3 Å². The summed E-state index contributed by atoms with van der Waals surface area (Å²) in [6.07, 6.45) is 0. The summed E-state index contributed by atoms with van der Waals surface area (Å²) in [5.74, 6) is 0. The first kappa shape index (κ1) is 32.4. The molecule has 0 aliphatic heterocycles. The largest absolute Gasteiger partial charge is 0.310 e. The molecule has 11 aromatic rings. The average Bonchev–Trinajstić information content (AvgIpc) is 3.66. The highest BCUT2D eigenvalue weighted by Crippen LogP contribution is 2.46. The van der Waals surface area contributed by atoms with Crippen molar-refractivity contribution in [3.8, 4) is 33.4 Å². The van der Waals surface area contributed by atoms with E-state index in [0.717, 1.165) is 17.1 Å². The molecule has 1 aromatic heterocycles. The van der Waals surface area contributed by atoms with E-state index in [0.29, 0.717) is 0 Å². The minimum atomic E-state index is 1.11. The summed E-state index contributed by atoms with van der Waals surface area (Å²) in [6.45, 7) is 0. The van der Waals surface area contributed by atoms with Crippen molar-refractivity contribution in [3.05, 3.63) is 212 Å². The number of rotatable bonds is 6. The number of fused-ring (bicyclic) bond motifs is 9. The molecule has 0 spiro atoms. The Balaban J connectivity index is 1.09. The van der Waals surface area contributed by atoms with E-state index in [1.54, 1.807) is 0 Å². The highest BCUT2D eigenvalue weighted by Gasteiger charge is 2.19. The predicted molar refractivity (Wildman–Crippen MR) is 243 cm³/mol. The second-order valence-corrected chi connectivity index (χ2v) is 15.5. The number of thiophene rings is 1. The smallest absolute Gasteiger partial charge is 0.0468 e. The van der Waals surface area contributed by atoms with E-state index >= 15 is 0 Å². The summed E-state index contributed by atoms with van der Waals surface area (Å²) in [6, 6.07) is 77.6. The Hall–Kier alpha value is -7.00. The lowest BCUT2D eigenvalue weighted by atomic mass is 9.92. The van der Waals surface area contributed by atoms with E-state index in [4.69, 9.17) is 0 Å². The third-order valence-electron chi connectivity index (χ3n) is 11.3. The summed E-state index contributed by atoms with van der Waals surface area (Å²) >= 11 is 1.89. The SMILES string of the molecule is c1ccc(-c2ccc(N(c3ccc(-c4ccc5c(sc6ccccc65)c4-c4ccccc4)cc3)c3ccc4c5ccccc5c5ccccc5c4c3)cc2)cc1.